The van der Waals surface area contributed by atoms with Gasteiger partial charge < -0.3 is 23.7 Å². The molecule has 1 fully saturated rings. The quantitative estimate of drug-likeness (QED) is 0.497. The molecule has 1 heterocycles. The second-order valence-electron chi connectivity index (χ2n) is 4.45. The maximum absolute atomic E-state index is 11.3. The van der Waals surface area contributed by atoms with Gasteiger partial charge in [-0.05, 0) is 0 Å². The number of ether oxygens (including phenoxy) is 5. The molecule has 0 aromatic rings. The highest BCUT2D eigenvalue weighted by Gasteiger charge is 2.51. The van der Waals surface area contributed by atoms with Crippen LogP contribution in [0.5, 0.6) is 0 Å². The molecule has 0 amide bonds. The first-order chi connectivity index (χ1) is 10.5. The molecule has 1 rings (SSSR count). The summed E-state index contributed by atoms with van der Waals surface area (Å²) >= 11 is 0. The molecule has 0 bridgehead atoms. The lowest BCUT2D eigenvalue weighted by atomic mass is 10.1. The number of hydrogen-bond acceptors (Lipinski definition) is 9. The zero-order chi connectivity index (χ0) is 17.8. The first kappa shape index (κ1) is 16.2. The van der Waals surface area contributed by atoms with Gasteiger partial charge in [-0.3, -0.25) is 19.2 Å². The number of rotatable bonds is 5. The Labute approximate surface area is 128 Å². The Morgan fingerprint density at radius 3 is 1.82 bits per heavy atom. The van der Waals surface area contributed by atoms with Gasteiger partial charge in [0, 0.05) is 27.7 Å². The number of hydrogen-bond donors (Lipinski definition) is 0. The third-order valence-electron chi connectivity index (χ3n) is 2.45. The summed E-state index contributed by atoms with van der Waals surface area (Å²) in [6, 6.07) is 0. The molecule has 0 aromatic carbocycles. The fraction of sp³-hybridized carbons (Fsp3) is 0.692. The van der Waals surface area contributed by atoms with Gasteiger partial charge >= 0.3 is 23.9 Å². The molecule has 1 aliphatic heterocycles. The van der Waals surface area contributed by atoms with E-state index in [9.17, 15) is 19.2 Å². The average molecular weight is 319 g/mol. The topological polar surface area (TPSA) is 114 Å². The molecule has 4 atom stereocenters. The number of carbonyl (C=O) groups is 4. The predicted octanol–water partition coefficient (Wildman–Crippen LogP) is -0.299. The van der Waals surface area contributed by atoms with Crippen LogP contribution < -0.4 is 0 Å². The van der Waals surface area contributed by atoms with E-state index in [-0.39, 0.29) is 0 Å². The summed E-state index contributed by atoms with van der Waals surface area (Å²) in [5.74, 6) is -2.99. The molecular weight excluding hydrogens is 300 g/mol. The van der Waals surface area contributed by atoms with Crippen LogP contribution in [-0.4, -0.2) is 55.1 Å². The van der Waals surface area contributed by atoms with Crippen molar-refractivity contribution in [3.8, 4) is 0 Å². The molecule has 9 heteroatoms. The summed E-state index contributed by atoms with van der Waals surface area (Å²) in [6.45, 7) is 3.76. The molecule has 0 unspecified atom stereocenters. The summed E-state index contributed by atoms with van der Waals surface area (Å²) in [6.07, 6.45) is -6.40. The fourth-order valence-corrected chi connectivity index (χ4v) is 1.77. The Balaban J connectivity index is 3.11. The minimum atomic E-state index is -2.10. The summed E-state index contributed by atoms with van der Waals surface area (Å²) < 4.78 is 33.0. The van der Waals surface area contributed by atoms with E-state index >= 15 is 0 Å². The summed E-state index contributed by atoms with van der Waals surface area (Å²) in [5, 5.41) is 0. The fourth-order valence-electron chi connectivity index (χ4n) is 1.77. The van der Waals surface area contributed by atoms with Crippen LogP contribution in [0.25, 0.3) is 0 Å². The zero-order valence-corrected chi connectivity index (χ0v) is 12.6. The van der Waals surface area contributed by atoms with Gasteiger partial charge in [0.1, 0.15) is 12.7 Å². The van der Waals surface area contributed by atoms with Crippen molar-refractivity contribution in [1.29, 1.82) is 0 Å². The van der Waals surface area contributed by atoms with Gasteiger partial charge in [0.15, 0.2) is 6.10 Å². The van der Waals surface area contributed by atoms with Crippen LogP contribution in [0.3, 0.4) is 0 Å². The molecule has 9 nitrogen and oxygen atoms in total. The molecule has 0 saturated carbocycles. The predicted molar refractivity (Wildman–Crippen MR) is 68.2 cm³/mol. The molecule has 0 radical (unpaired) electrons. The van der Waals surface area contributed by atoms with E-state index < -0.39 is 55.1 Å². The van der Waals surface area contributed by atoms with Crippen LogP contribution >= 0.6 is 0 Å². The maximum Gasteiger partial charge on any atom is 0.305 e. The van der Waals surface area contributed by atoms with Gasteiger partial charge in [-0.25, -0.2) is 0 Å². The lowest BCUT2D eigenvalue weighted by Crippen LogP contribution is -2.42. The van der Waals surface area contributed by atoms with Crippen LogP contribution in [0.2, 0.25) is 0 Å². The van der Waals surface area contributed by atoms with E-state index in [4.69, 9.17) is 25.1 Å². The van der Waals surface area contributed by atoms with Gasteiger partial charge in [-0.15, -0.1) is 0 Å². The standard InChI is InChI=1S/C13H18O9/c1-6(14)18-5-10-11(19-7(2)15)12(20-8(3)16)13(22-10)21-9(4)17/h10-13H,5H2,1-4H3/t10-,11-,12-,13-/m1/s1/i10D. The number of carbonyl (C=O) groups excluding carboxylic acids is 4. The molecule has 1 aliphatic rings. The van der Waals surface area contributed by atoms with Crippen LogP contribution in [0.15, 0.2) is 0 Å². The Bertz CT molecular complexity index is 506. The van der Waals surface area contributed by atoms with Crippen LogP contribution in [-0.2, 0) is 42.9 Å². The van der Waals surface area contributed by atoms with Gasteiger partial charge in [0.2, 0.25) is 12.4 Å². The first-order valence-corrected chi connectivity index (χ1v) is 6.38. The van der Waals surface area contributed by atoms with Crippen molar-refractivity contribution in [2.45, 2.75) is 52.3 Å². The second kappa shape index (κ2) is 7.74. The van der Waals surface area contributed by atoms with Crippen molar-refractivity contribution >= 4 is 23.9 Å². The highest BCUT2D eigenvalue weighted by Crippen LogP contribution is 2.28. The number of esters is 4. The van der Waals surface area contributed by atoms with Gasteiger partial charge in [0.05, 0.1) is 1.37 Å². The van der Waals surface area contributed by atoms with Gasteiger partial charge in [0.25, 0.3) is 0 Å². The Morgan fingerprint density at radius 2 is 1.36 bits per heavy atom. The lowest BCUT2D eigenvalue weighted by Gasteiger charge is -2.22. The first-order valence-electron chi connectivity index (χ1n) is 6.88. The third kappa shape index (κ3) is 5.32. The molecule has 22 heavy (non-hydrogen) atoms. The molecular formula is C13H18O9. The van der Waals surface area contributed by atoms with Crippen LogP contribution in [0, 0.1) is 0 Å². The Morgan fingerprint density at radius 1 is 0.864 bits per heavy atom. The van der Waals surface area contributed by atoms with E-state index in [1.807, 2.05) is 0 Å². The lowest BCUT2D eigenvalue weighted by molar-refractivity contribution is -0.197. The van der Waals surface area contributed by atoms with Gasteiger partial charge in [-0.1, -0.05) is 0 Å². The Kier molecular flexibility index (Phi) is 5.70. The largest absolute Gasteiger partial charge is 0.463 e. The van der Waals surface area contributed by atoms with E-state index in [0.717, 1.165) is 27.7 Å². The molecule has 0 spiro atoms. The average Bonchev–Trinajstić information content (AvgIpc) is 2.60. The third-order valence-corrected chi connectivity index (χ3v) is 2.45. The van der Waals surface area contributed by atoms with Crippen molar-refractivity contribution < 1.29 is 44.2 Å². The molecule has 0 aliphatic carbocycles. The zero-order valence-electron chi connectivity index (χ0n) is 13.6. The molecule has 0 N–H and O–H groups in total. The molecule has 0 aromatic heterocycles. The van der Waals surface area contributed by atoms with Crippen LogP contribution in [0.1, 0.15) is 29.1 Å². The van der Waals surface area contributed by atoms with Crippen molar-refractivity contribution in [2.24, 2.45) is 0 Å². The second-order valence-corrected chi connectivity index (χ2v) is 4.45. The molecule has 124 valence electrons. The highest BCUT2D eigenvalue weighted by atomic mass is 16.8. The summed E-state index contributed by atoms with van der Waals surface area (Å²) in [5.41, 5.74) is 0. The maximum atomic E-state index is 11.3. The normalized spacial score (nSPS) is 30.9. The minimum Gasteiger partial charge on any atom is -0.463 e. The van der Waals surface area contributed by atoms with Crippen molar-refractivity contribution in [3.63, 3.8) is 0 Å². The monoisotopic (exact) mass is 319 g/mol. The van der Waals surface area contributed by atoms with E-state index in [1.54, 1.807) is 0 Å². The summed E-state index contributed by atoms with van der Waals surface area (Å²) in [4.78, 5) is 44.6. The Hall–Kier alpha value is -2.16. The SMILES string of the molecule is [2H][C@]1(COC(C)=O)O[C@@H](OC(C)=O)[C@H](OC(C)=O)[C@@H]1OC(C)=O. The van der Waals surface area contributed by atoms with Gasteiger partial charge in [-0.2, -0.15) is 0 Å². The minimum absolute atomic E-state index is 0.615. The van der Waals surface area contributed by atoms with Crippen molar-refractivity contribution in [3.05, 3.63) is 0 Å². The van der Waals surface area contributed by atoms with E-state index in [1.165, 1.54) is 0 Å². The molecule has 1 saturated heterocycles. The van der Waals surface area contributed by atoms with Crippen molar-refractivity contribution in [2.75, 3.05) is 6.61 Å². The van der Waals surface area contributed by atoms with E-state index in [0.29, 0.717) is 0 Å². The smallest absolute Gasteiger partial charge is 0.305 e. The summed E-state index contributed by atoms with van der Waals surface area (Å²) in [7, 11) is 0. The van der Waals surface area contributed by atoms with E-state index in [2.05, 4.69) is 0 Å². The highest BCUT2D eigenvalue weighted by molar-refractivity contribution is 5.68. The van der Waals surface area contributed by atoms with Crippen molar-refractivity contribution in [1.82, 2.24) is 0 Å². The van der Waals surface area contributed by atoms with Crippen LogP contribution in [0.4, 0.5) is 0 Å².